The van der Waals surface area contributed by atoms with E-state index in [1.54, 1.807) is 73.8 Å². The maximum atomic E-state index is 13.0. The minimum Gasteiger partial charge on any atom is -0.507 e. The summed E-state index contributed by atoms with van der Waals surface area (Å²) in [4.78, 5) is 17.4. The van der Waals surface area contributed by atoms with Crippen LogP contribution in [0.4, 0.5) is 21.5 Å². The van der Waals surface area contributed by atoms with Gasteiger partial charge in [-0.1, -0.05) is 25.8 Å². The number of ether oxygens (including phenoxy) is 2. The molecule has 0 amide bonds. The topological polar surface area (TPSA) is 92.8 Å². The Labute approximate surface area is 232 Å². The highest BCUT2D eigenvalue weighted by atomic mass is 19.1. The van der Waals surface area contributed by atoms with E-state index in [9.17, 15) is 14.3 Å². The second-order valence-electron chi connectivity index (χ2n) is 9.04. The molecule has 0 aromatic heterocycles. The third-order valence-electron chi connectivity index (χ3n) is 6.04. The summed E-state index contributed by atoms with van der Waals surface area (Å²) in [7, 11) is 0. The van der Waals surface area contributed by atoms with Crippen molar-refractivity contribution in [3.05, 3.63) is 107 Å². The second kappa shape index (κ2) is 13.8. The number of azo groups is 1. The van der Waals surface area contributed by atoms with Crippen molar-refractivity contribution in [1.29, 1.82) is 0 Å². The van der Waals surface area contributed by atoms with Crippen molar-refractivity contribution in [3.63, 3.8) is 0 Å². The van der Waals surface area contributed by atoms with Crippen molar-refractivity contribution in [2.45, 2.75) is 33.1 Å². The first-order valence-electron chi connectivity index (χ1n) is 13.0. The lowest BCUT2D eigenvalue weighted by Gasteiger charge is -2.09. The molecule has 4 aromatic rings. The van der Waals surface area contributed by atoms with Gasteiger partial charge in [-0.15, -0.1) is 0 Å². The Morgan fingerprint density at radius 1 is 0.900 bits per heavy atom. The van der Waals surface area contributed by atoms with E-state index in [0.29, 0.717) is 51.9 Å². The van der Waals surface area contributed by atoms with E-state index in [4.69, 9.17) is 9.47 Å². The normalized spacial score (nSPS) is 11.3. The van der Waals surface area contributed by atoms with Gasteiger partial charge in [0.2, 0.25) is 0 Å². The number of halogens is 1. The van der Waals surface area contributed by atoms with Gasteiger partial charge in [0.05, 0.1) is 29.2 Å². The third kappa shape index (κ3) is 7.83. The number of carbonyl (C=O) groups is 1. The molecule has 7 nitrogen and oxygen atoms in total. The zero-order valence-electron chi connectivity index (χ0n) is 22.4. The number of esters is 1. The van der Waals surface area contributed by atoms with E-state index in [1.165, 1.54) is 24.3 Å². The van der Waals surface area contributed by atoms with Gasteiger partial charge in [0.25, 0.3) is 0 Å². The number of benzene rings is 4. The fourth-order valence-electron chi connectivity index (χ4n) is 3.75. The molecule has 0 aliphatic carbocycles. The predicted octanol–water partition coefficient (Wildman–Crippen LogP) is 8.79. The van der Waals surface area contributed by atoms with Crippen molar-refractivity contribution in [1.82, 2.24) is 0 Å². The fraction of sp³-hybridized carbons (Fsp3) is 0.188. The largest absolute Gasteiger partial charge is 0.507 e. The number of aliphatic imine (C=N–C) groups is 1. The van der Waals surface area contributed by atoms with Crippen LogP contribution in [-0.2, 0) is 0 Å². The maximum absolute atomic E-state index is 13.0. The summed E-state index contributed by atoms with van der Waals surface area (Å²) >= 11 is 0. The lowest BCUT2D eigenvalue weighted by Crippen LogP contribution is -2.10. The van der Waals surface area contributed by atoms with Crippen LogP contribution in [0.2, 0.25) is 0 Å². The van der Waals surface area contributed by atoms with Crippen LogP contribution in [0.5, 0.6) is 17.2 Å². The number of aromatic hydroxyl groups is 1. The minimum atomic E-state index is -0.525. The summed E-state index contributed by atoms with van der Waals surface area (Å²) < 4.78 is 24.3. The molecule has 0 aliphatic rings. The first-order chi connectivity index (χ1) is 19.4. The number of hydrogen-bond donors (Lipinski definition) is 1. The number of phenols is 1. The monoisotopic (exact) mass is 539 g/mol. The van der Waals surface area contributed by atoms with Gasteiger partial charge in [0.1, 0.15) is 23.1 Å². The molecule has 1 N–H and O–H groups in total. The molecular formula is C32H30FN3O4. The van der Waals surface area contributed by atoms with Crippen molar-refractivity contribution in [3.8, 4) is 17.2 Å². The average Bonchev–Trinajstić information content (AvgIpc) is 2.96. The van der Waals surface area contributed by atoms with Gasteiger partial charge >= 0.3 is 5.97 Å². The summed E-state index contributed by atoms with van der Waals surface area (Å²) in [5.41, 5.74) is 3.19. The zero-order chi connectivity index (χ0) is 28.3. The lowest BCUT2D eigenvalue weighted by molar-refractivity contribution is 0.0734. The standard InChI is InChI=1S/C32H30FN3O4/c1-3-4-5-19-39-28-16-9-23(31(37)20-28)21-34-30-8-6-7-29(22(30)2)32(38)40-27-17-14-26(15-18-27)36-35-25-12-10-24(33)11-13-25/h6-18,20-21,37H,3-5,19H2,1-2H3. The van der Waals surface area contributed by atoms with Gasteiger partial charge in [-0.2, -0.15) is 10.2 Å². The third-order valence-corrected chi connectivity index (χ3v) is 6.04. The van der Waals surface area contributed by atoms with Crippen LogP contribution in [0.1, 0.15) is 47.7 Å². The molecule has 0 heterocycles. The number of unbranched alkanes of at least 4 members (excludes halogenated alkanes) is 2. The molecule has 8 heteroatoms. The molecule has 0 unspecified atom stereocenters. The minimum absolute atomic E-state index is 0.0607. The van der Waals surface area contributed by atoms with Crippen LogP contribution in [0.25, 0.3) is 0 Å². The molecule has 0 saturated carbocycles. The summed E-state index contributed by atoms with van der Waals surface area (Å²) in [6.07, 6.45) is 4.73. The maximum Gasteiger partial charge on any atom is 0.343 e. The molecule has 0 atom stereocenters. The number of nitrogens with zero attached hydrogens (tertiary/aromatic N) is 3. The van der Waals surface area contributed by atoms with Crippen molar-refractivity contribution >= 4 is 29.2 Å². The van der Waals surface area contributed by atoms with Crippen molar-refractivity contribution < 1.29 is 23.8 Å². The number of rotatable bonds is 11. The van der Waals surface area contributed by atoms with Crippen LogP contribution < -0.4 is 9.47 Å². The average molecular weight is 540 g/mol. The number of carbonyl (C=O) groups excluding carboxylic acids is 1. The molecule has 40 heavy (non-hydrogen) atoms. The molecular weight excluding hydrogens is 509 g/mol. The summed E-state index contributed by atoms with van der Waals surface area (Å²) in [5, 5.41) is 18.6. The molecule has 0 fully saturated rings. The Balaban J connectivity index is 1.39. The molecule has 4 aromatic carbocycles. The first-order valence-corrected chi connectivity index (χ1v) is 13.0. The molecule has 0 spiro atoms. The Kier molecular flexibility index (Phi) is 9.72. The Bertz CT molecular complexity index is 1500. The van der Waals surface area contributed by atoms with E-state index >= 15 is 0 Å². The molecule has 0 aliphatic heterocycles. The van der Waals surface area contributed by atoms with Gasteiger partial charge in [0, 0.05) is 17.8 Å². The second-order valence-corrected chi connectivity index (χ2v) is 9.04. The lowest BCUT2D eigenvalue weighted by atomic mass is 10.1. The van der Waals surface area contributed by atoms with E-state index in [2.05, 4.69) is 22.1 Å². The highest BCUT2D eigenvalue weighted by molar-refractivity contribution is 5.94. The summed E-state index contributed by atoms with van der Waals surface area (Å²) in [6.45, 7) is 4.53. The SMILES string of the molecule is CCCCCOc1ccc(C=Nc2cccc(C(=O)Oc3ccc(N=Nc4ccc(F)cc4)cc3)c2C)c(O)c1. The van der Waals surface area contributed by atoms with Gasteiger partial charge in [0.15, 0.2) is 0 Å². The highest BCUT2D eigenvalue weighted by Gasteiger charge is 2.14. The molecule has 0 radical (unpaired) electrons. The van der Waals surface area contributed by atoms with E-state index in [-0.39, 0.29) is 11.6 Å². The van der Waals surface area contributed by atoms with E-state index < -0.39 is 5.97 Å². The molecule has 0 bridgehead atoms. The zero-order valence-corrected chi connectivity index (χ0v) is 22.4. The van der Waals surface area contributed by atoms with Crippen LogP contribution in [0, 0.1) is 12.7 Å². The smallest absolute Gasteiger partial charge is 0.343 e. The Morgan fingerprint density at radius 2 is 1.57 bits per heavy atom. The Hall–Kier alpha value is -4.85. The fourth-order valence-corrected chi connectivity index (χ4v) is 3.75. The predicted molar refractivity (Wildman–Crippen MR) is 154 cm³/mol. The van der Waals surface area contributed by atoms with E-state index in [0.717, 1.165) is 19.3 Å². The summed E-state index contributed by atoms with van der Waals surface area (Å²) in [5.74, 6) is 0.149. The first kappa shape index (κ1) is 28.2. The van der Waals surface area contributed by atoms with Crippen molar-refractivity contribution in [2.75, 3.05) is 6.61 Å². The van der Waals surface area contributed by atoms with Crippen LogP contribution in [-0.4, -0.2) is 23.9 Å². The number of phenolic OH excluding ortho intramolecular Hbond substituents is 1. The molecule has 4 rings (SSSR count). The van der Waals surface area contributed by atoms with Crippen molar-refractivity contribution in [2.24, 2.45) is 15.2 Å². The molecule has 0 saturated heterocycles. The van der Waals surface area contributed by atoms with Gasteiger partial charge in [-0.05, 0) is 91.7 Å². The van der Waals surface area contributed by atoms with Crippen LogP contribution >= 0.6 is 0 Å². The molecule has 204 valence electrons. The van der Waals surface area contributed by atoms with Crippen LogP contribution in [0.15, 0.2) is 100 Å². The van der Waals surface area contributed by atoms with Crippen LogP contribution in [0.3, 0.4) is 0 Å². The van der Waals surface area contributed by atoms with Gasteiger partial charge in [-0.3, -0.25) is 4.99 Å². The Morgan fingerprint density at radius 3 is 2.25 bits per heavy atom. The van der Waals surface area contributed by atoms with Gasteiger partial charge < -0.3 is 14.6 Å². The number of hydrogen-bond acceptors (Lipinski definition) is 7. The van der Waals surface area contributed by atoms with Gasteiger partial charge in [-0.25, -0.2) is 9.18 Å². The quantitative estimate of drug-likeness (QED) is 0.0678. The van der Waals surface area contributed by atoms with E-state index in [1.807, 2.05) is 0 Å². The highest BCUT2D eigenvalue weighted by Crippen LogP contribution is 2.27. The summed E-state index contributed by atoms with van der Waals surface area (Å²) in [6, 6.07) is 22.5.